The third kappa shape index (κ3) is 2.98. The third-order valence-electron chi connectivity index (χ3n) is 5.88. The molecule has 1 saturated carbocycles. The number of rotatable bonds is 3. The SMILES string of the molecule is C[C@@](O)(C#CC(O)(c1ccccc1)c1ccccc1)[C@@H]1C[C@H]2C=C[C@H]1C2. The van der Waals surface area contributed by atoms with E-state index in [1.54, 1.807) is 6.92 Å². The van der Waals surface area contributed by atoms with Gasteiger partial charge in [-0.1, -0.05) is 84.7 Å². The van der Waals surface area contributed by atoms with Gasteiger partial charge in [0.05, 0.1) is 0 Å². The normalized spacial score (nSPS) is 26.2. The molecule has 2 nitrogen and oxygen atoms in total. The summed E-state index contributed by atoms with van der Waals surface area (Å²) < 4.78 is 0. The van der Waals surface area contributed by atoms with Gasteiger partial charge in [0.25, 0.3) is 0 Å². The maximum atomic E-state index is 11.5. The summed E-state index contributed by atoms with van der Waals surface area (Å²) in [5.74, 6) is 7.17. The van der Waals surface area contributed by atoms with E-state index in [0.717, 1.165) is 12.8 Å². The predicted octanol–water partition coefficient (Wildman–Crippen LogP) is 3.89. The third-order valence-corrected chi connectivity index (χ3v) is 5.88. The molecule has 2 aromatic rings. The lowest BCUT2D eigenvalue weighted by Gasteiger charge is -2.31. The van der Waals surface area contributed by atoms with Crippen LogP contribution in [0.2, 0.25) is 0 Å². The van der Waals surface area contributed by atoms with Crippen molar-refractivity contribution in [3.8, 4) is 11.8 Å². The minimum atomic E-state index is -1.44. The van der Waals surface area contributed by atoms with Crippen LogP contribution in [0, 0.1) is 29.6 Å². The summed E-state index contributed by atoms with van der Waals surface area (Å²) in [5, 5.41) is 22.6. The summed E-state index contributed by atoms with van der Waals surface area (Å²) in [6.45, 7) is 1.79. The lowest BCUT2D eigenvalue weighted by atomic mass is 9.79. The van der Waals surface area contributed by atoms with Crippen molar-refractivity contribution in [3.05, 3.63) is 83.9 Å². The van der Waals surface area contributed by atoms with Crippen molar-refractivity contribution >= 4 is 0 Å². The molecule has 0 heterocycles. The minimum Gasteiger partial charge on any atom is -0.378 e. The smallest absolute Gasteiger partial charge is 0.176 e. The summed E-state index contributed by atoms with van der Waals surface area (Å²) in [5.41, 5.74) is -1.15. The highest BCUT2D eigenvalue weighted by atomic mass is 16.3. The summed E-state index contributed by atoms with van der Waals surface area (Å²) >= 11 is 0. The molecule has 2 bridgehead atoms. The first-order chi connectivity index (χ1) is 12.5. The fraction of sp³-hybridized carbons (Fsp3) is 0.333. The Labute approximate surface area is 155 Å². The minimum absolute atomic E-state index is 0.126. The van der Waals surface area contributed by atoms with E-state index in [0.29, 0.717) is 23.0 Å². The molecule has 4 rings (SSSR count). The molecule has 1 fully saturated rings. The van der Waals surface area contributed by atoms with E-state index in [1.807, 2.05) is 60.7 Å². The maximum absolute atomic E-state index is 11.5. The molecule has 2 N–H and O–H groups in total. The van der Waals surface area contributed by atoms with Crippen LogP contribution in [0.5, 0.6) is 0 Å². The first kappa shape index (κ1) is 17.1. The van der Waals surface area contributed by atoms with E-state index >= 15 is 0 Å². The molecule has 0 aromatic heterocycles. The molecule has 2 aliphatic rings. The van der Waals surface area contributed by atoms with Gasteiger partial charge in [-0.05, 0) is 31.6 Å². The van der Waals surface area contributed by atoms with Gasteiger partial charge in [-0.3, -0.25) is 0 Å². The van der Waals surface area contributed by atoms with Crippen molar-refractivity contribution in [1.29, 1.82) is 0 Å². The van der Waals surface area contributed by atoms with Crippen LogP contribution >= 0.6 is 0 Å². The van der Waals surface area contributed by atoms with Gasteiger partial charge in [0.2, 0.25) is 0 Å². The Kier molecular flexibility index (Phi) is 4.23. The zero-order valence-electron chi connectivity index (χ0n) is 15.0. The van der Waals surface area contributed by atoms with Gasteiger partial charge in [-0.15, -0.1) is 0 Å². The molecule has 2 aromatic carbocycles. The average Bonchev–Trinajstić information content (AvgIpc) is 3.32. The molecule has 26 heavy (non-hydrogen) atoms. The van der Waals surface area contributed by atoms with Crippen LogP contribution in [-0.2, 0) is 5.60 Å². The van der Waals surface area contributed by atoms with E-state index in [1.165, 1.54) is 0 Å². The topological polar surface area (TPSA) is 40.5 Å². The van der Waals surface area contributed by atoms with Gasteiger partial charge < -0.3 is 10.2 Å². The van der Waals surface area contributed by atoms with E-state index < -0.39 is 11.2 Å². The number of fused-ring (bicyclic) bond motifs is 2. The summed E-state index contributed by atoms with van der Waals surface area (Å²) in [7, 11) is 0. The second kappa shape index (κ2) is 6.43. The van der Waals surface area contributed by atoms with Crippen molar-refractivity contribution in [2.75, 3.05) is 0 Å². The maximum Gasteiger partial charge on any atom is 0.176 e. The lowest BCUT2D eigenvalue weighted by Crippen LogP contribution is -2.36. The van der Waals surface area contributed by atoms with Gasteiger partial charge in [0, 0.05) is 17.0 Å². The molecular weight excluding hydrogens is 320 g/mol. The zero-order chi connectivity index (χ0) is 18.2. The first-order valence-corrected chi connectivity index (χ1v) is 9.27. The second-order valence-electron chi connectivity index (χ2n) is 7.73. The molecule has 132 valence electrons. The van der Waals surface area contributed by atoms with Gasteiger partial charge in [-0.25, -0.2) is 0 Å². The molecule has 0 saturated heterocycles. The van der Waals surface area contributed by atoms with Gasteiger partial charge in [0.15, 0.2) is 5.60 Å². The molecule has 0 amide bonds. The summed E-state index contributed by atoms with van der Waals surface area (Å²) in [6.07, 6.45) is 6.56. The molecular formula is C24H24O2. The fourth-order valence-corrected chi connectivity index (χ4v) is 4.41. The van der Waals surface area contributed by atoms with Crippen LogP contribution in [0.25, 0.3) is 0 Å². The van der Waals surface area contributed by atoms with Crippen LogP contribution in [0.3, 0.4) is 0 Å². The second-order valence-corrected chi connectivity index (χ2v) is 7.73. The highest BCUT2D eigenvalue weighted by molar-refractivity contribution is 5.45. The molecule has 2 aliphatic carbocycles. The quantitative estimate of drug-likeness (QED) is 0.655. The van der Waals surface area contributed by atoms with Crippen LogP contribution in [-0.4, -0.2) is 15.8 Å². The first-order valence-electron chi connectivity index (χ1n) is 9.27. The number of benzene rings is 2. The Bertz CT molecular complexity index is 816. The Hall–Kier alpha value is -2.34. The molecule has 4 atom stereocenters. The molecule has 0 spiro atoms. The van der Waals surface area contributed by atoms with Crippen molar-refractivity contribution in [2.24, 2.45) is 17.8 Å². The van der Waals surface area contributed by atoms with Gasteiger partial charge >= 0.3 is 0 Å². The fourth-order valence-electron chi connectivity index (χ4n) is 4.41. The van der Waals surface area contributed by atoms with Crippen molar-refractivity contribution < 1.29 is 10.2 Å². The van der Waals surface area contributed by atoms with Gasteiger partial charge in [0.1, 0.15) is 5.60 Å². The van der Waals surface area contributed by atoms with Crippen LogP contribution in [0.4, 0.5) is 0 Å². The average molecular weight is 344 g/mol. The van der Waals surface area contributed by atoms with Crippen molar-refractivity contribution in [2.45, 2.75) is 31.0 Å². The predicted molar refractivity (Wildman–Crippen MR) is 103 cm³/mol. The van der Waals surface area contributed by atoms with E-state index in [-0.39, 0.29) is 5.92 Å². The highest BCUT2D eigenvalue weighted by Crippen LogP contribution is 2.48. The van der Waals surface area contributed by atoms with E-state index in [4.69, 9.17) is 0 Å². The van der Waals surface area contributed by atoms with E-state index in [9.17, 15) is 10.2 Å². The molecule has 0 unspecified atom stereocenters. The van der Waals surface area contributed by atoms with Crippen LogP contribution in [0.15, 0.2) is 72.8 Å². The molecule has 0 aliphatic heterocycles. The molecule has 0 radical (unpaired) electrons. The summed E-state index contributed by atoms with van der Waals surface area (Å²) in [6, 6.07) is 18.9. The number of allylic oxidation sites excluding steroid dienone is 2. The number of hydrogen-bond acceptors (Lipinski definition) is 2. The van der Waals surface area contributed by atoms with Crippen molar-refractivity contribution in [3.63, 3.8) is 0 Å². The van der Waals surface area contributed by atoms with Crippen molar-refractivity contribution in [1.82, 2.24) is 0 Å². The lowest BCUT2D eigenvalue weighted by molar-refractivity contribution is 0.0421. The zero-order valence-corrected chi connectivity index (χ0v) is 15.0. The standard InChI is InChI=1S/C24H24O2/c1-23(25,22-17-18-12-13-19(22)16-18)14-15-24(26,20-8-4-2-5-9-20)21-10-6-3-7-11-21/h2-13,18-19,22,25-26H,16-17H2,1H3/t18-,19-,22+,23+/m0/s1. The van der Waals surface area contributed by atoms with E-state index in [2.05, 4.69) is 24.0 Å². The Morgan fingerprint density at radius 2 is 1.38 bits per heavy atom. The van der Waals surface area contributed by atoms with Crippen LogP contribution < -0.4 is 0 Å². The Balaban J connectivity index is 1.73. The number of hydrogen-bond donors (Lipinski definition) is 2. The number of aliphatic hydroxyl groups is 2. The van der Waals surface area contributed by atoms with Gasteiger partial charge in [-0.2, -0.15) is 0 Å². The Morgan fingerprint density at radius 1 is 0.808 bits per heavy atom. The largest absolute Gasteiger partial charge is 0.378 e. The highest BCUT2D eigenvalue weighted by Gasteiger charge is 2.45. The monoisotopic (exact) mass is 344 g/mol. The Morgan fingerprint density at radius 3 is 1.85 bits per heavy atom. The molecule has 2 heteroatoms. The summed E-state index contributed by atoms with van der Waals surface area (Å²) in [4.78, 5) is 0. The van der Waals surface area contributed by atoms with Crippen LogP contribution in [0.1, 0.15) is 30.9 Å².